The average Bonchev–Trinajstić information content (AvgIpc) is 2.68. The molecule has 0 spiro atoms. The number of anilines is 1. The third-order valence-electron chi connectivity index (χ3n) is 2.21. The minimum Gasteiger partial charge on any atom is -0.481 e. The Hall–Kier alpha value is -1.76. The number of guanidine groups is 1. The first-order chi connectivity index (χ1) is 8.21. The van der Waals surface area contributed by atoms with Gasteiger partial charge in [-0.05, 0) is 6.42 Å². The molecule has 17 heavy (non-hydrogen) atoms. The zero-order chi connectivity index (χ0) is 12.7. The average molecular weight is 240 g/mol. The Morgan fingerprint density at radius 1 is 1.65 bits per heavy atom. The molecular formula is C10H20N6O. The number of rotatable bonds is 5. The van der Waals surface area contributed by atoms with Gasteiger partial charge >= 0.3 is 0 Å². The number of aromatic nitrogens is 2. The molecule has 1 aromatic heterocycles. The second-order valence-electron chi connectivity index (χ2n) is 3.55. The molecule has 96 valence electrons. The topological polar surface area (TPSA) is 89.5 Å². The Morgan fingerprint density at radius 2 is 2.41 bits per heavy atom. The lowest BCUT2D eigenvalue weighted by atomic mass is 10.3. The highest BCUT2D eigenvalue weighted by atomic mass is 16.5. The fourth-order valence-corrected chi connectivity index (χ4v) is 1.29. The van der Waals surface area contributed by atoms with Crippen molar-refractivity contribution in [3.63, 3.8) is 0 Å². The number of hydrogen-bond acceptors (Lipinski definition) is 4. The van der Waals surface area contributed by atoms with Crippen LogP contribution < -0.4 is 21.3 Å². The van der Waals surface area contributed by atoms with Gasteiger partial charge in [0.15, 0.2) is 5.82 Å². The van der Waals surface area contributed by atoms with Gasteiger partial charge in [0.1, 0.15) is 0 Å². The maximum Gasteiger partial charge on any atom is 0.213 e. The van der Waals surface area contributed by atoms with Gasteiger partial charge in [-0.1, -0.05) is 13.3 Å². The second-order valence-corrected chi connectivity index (χ2v) is 3.55. The van der Waals surface area contributed by atoms with E-state index in [4.69, 9.17) is 10.6 Å². The van der Waals surface area contributed by atoms with Crippen molar-refractivity contribution in [1.29, 1.82) is 0 Å². The molecule has 1 heterocycles. The molecule has 0 radical (unpaired) electrons. The predicted molar refractivity (Wildman–Crippen MR) is 67.9 cm³/mol. The third-order valence-corrected chi connectivity index (χ3v) is 2.21. The number of nitrogens with two attached hydrogens (primary N) is 1. The van der Waals surface area contributed by atoms with Crippen molar-refractivity contribution in [3.05, 3.63) is 6.07 Å². The highest BCUT2D eigenvalue weighted by Crippen LogP contribution is 2.14. The van der Waals surface area contributed by atoms with Crippen molar-refractivity contribution in [3.8, 4) is 5.88 Å². The van der Waals surface area contributed by atoms with E-state index < -0.39 is 0 Å². The van der Waals surface area contributed by atoms with Gasteiger partial charge in [-0.2, -0.15) is 5.10 Å². The number of methoxy groups -OCH3 is 1. The number of nitrogens with zero attached hydrogens (tertiary/aromatic N) is 3. The summed E-state index contributed by atoms with van der Waals surface area (Å²) in [5.74, 6) is 7.17. The summed E-state index contributed by atoms with van der Waals surface area (Å²) in [7, 11) is 3.39. The van der Waals surface area contributed by atoms with Crippen LogP contribution in [0.1, 0.15) is 19.8 Å². The summed E-state index contributed by atoms with van der Waals surface area (Å²) in [6.07, 6.45) is 2.12. The Bertz CT molecular complexity index is 373. The first kappa shape index (κ1) is 13.3. The summed E-state index contributed by atoms with van der Waals surface area (Å²) in [5, 5.41) is 7.19. The van der Waals surface area contributed by atoms with E-state index in [0.717, 1.165) is 19.4 Å². The lowest BCUT2D eigenvalue weighted by Gasteiger charge is -2.05. The van der Waals surface area contributed by atoms with Gasteiger partial charge in [0.05, 0.1) is 7.11 Å². The van der Waals surface area contributed by atoms with Crippen LogP contribution in [0, 0.1) is 0 Å². The van der Waals surface area contributed by atoms with Crippen LogP contribution in [0.25, 0.3) is 0 Å². The van der Waals surface area contributed by atoms with E-state index in [1.807, 2.05) is 0 Å². The predicted octanol–water partition coefficient (Wildman–Crippen LogP) is 0.460. The number of ether oxygens (including phenoxy) is 1. The second kappa shape index (κ2) is 6.74. The van der Waals surface area contributed by atoms with E-state index in [2.05, 4.69) is 27.8 Å². The summed E-state index contributed by atoms with van der Waals surface area (Å²) in [6.45, 7) is 2.84. The molecule has 0 unspecified atom stereocenters. The summed E-state index contributed by atoms with van der Waals surface area (Å²) >= 11 is 0. The molecule has 7 nitrogen and oxygen atoms in total. The van der Waals surface area contributed by atoms with Crippen molar-refractivity contribution in [2.45, 2.75) is 19.8 Å². The van der Waals surface area contributed by atoms with Crippen molar-refractivity contribution in [1.82, 2.24) is 15.2 Å². The Kier molecular flexibility index (Phi) is 5.28. The molecule has 4 N–H and O–H groups in total. The van der Waals surface area contributed by atoms with Gasteiger partial charge in [0.2, 0.25) is 11.8 Å². The quantitative estimate of drug-likeness (QED) is 0.229. The normalized spacial score (nSPS) is 11.4. The first-order valence-electron chi connectivity index (χ1n) is 5.57. The van der Waals surface area contributed by atoms with Crippen LogP contribution >= 0.6 is 0 Å². The van der Waals surface area contributed by atoms with Crippen LogP contribution in [-0.2, 0) is 7.05 Å². The fourth-order valence-electron chi connectivity index (χ4n) is 1.29. The van der Waals surface area contributed by atoms with Crippen LogP contribution in [0.4, 0.5) is 5.82 Å². The maximum atomic E-state index is 5.37. The third kappa shape index (κ3) is 3.95. The molecule has 0 saturated carbocycles. The van der Waals surface area contributed by atoms with Crippen molar-refractivity contribution in [2.75, 3.05) is 19.0 Å². The fraction of sp³-hybridized carbons (Fsp3) is 0.600. The molecule has 0 aliphatic rings. The summed E-state index contributed by atoms with van der Waals surface area (Å²) < 4.78 is 6.74. The van der Waals surface area contributed by atoms with E-state index in [9.17, 15) is 0 Å². The Labute approximate surface area is 101 Å². The van der Waals surface area contributed by atoms with Gasteiger partial charge < -0.3 is 10.1 Å². The van der Waals surface area contributed by atoms with E-state index in [-0.39, 0.29) is 0 Å². The molecule has 0 aliphatic heterocycles. The van der Waals surface area contributed by atoms with Gasteiger partial charge in [-0.25, -0.2) is 10.5 Å². The van der Waals surface area contributed by atoms with Crippen LogP contribution in [0.15, 0.2) is 11.1 Å². The highest BCUT2D eigenvalue weighted by molar-refractivity contribution is 5.92. The van der Waals surface area contributed by atoms with Crippen molar-refractivity contribution < 1.29 is 4.74 Å². The number of hydrazine groups is 1. The van der Waals surface area contributed by atoms with Crippen LogP contribution in [-0.4, -0.2) is 29.4 Å². The minimum atomic E-state index is 0.499. The molecule has 0 saturated heterocycles. The lowest BCUT2D eigenvalue weighted by molar-refractivity contribution is 0.373. The molecule has 0 aliphatic carbocycles. The van der Waals surface area contributed by atoms with E-state index in [1.165, 1.54) is 0 Å². The molecule has 0 aromatic carbocycles. The van der Waals surface area contributed by atoms with Crippen LogP contribution in [0.2, 0.25) is 0 Å². The molecule has 0 bridgehead atoms. The SMILES string of the molecule is CCCCN=C(NN)Nc1cc(OC)n(C)n1. The lowest BCUT2D eigenvalue weighted by Crippen LogP contribution is -2.36. The van der Waals surface area contributed by atoms with Crippen LogP contribution in [0.5, 0.6) is 5.88 Å². The smallest absolute Gasteiger partial charge is 0.213 e. The molecule has 1 rings (SSSR count). The minimum absolute atomic E-state index is 0.499. The number of hydrogen-bond donors (Lipinski definition) is 3. The molecule has 0 amide bonds. The van der Waals surface area contributed by atoms with Crippen molar-refractivity contribution >= 4 is 11.8 Å². The molecule has 7 heteroatoms. The van der Waals surface area contributed by atoms with Gasteiger partial charge in [0, 0.05) is 19.7 Å². The molecule has 1 aromatic rings. The highest BCUT2D eigenvalue weighted by Gasteiger charge is 2.06. The molecule has 0 fully saturated rings. The Balaban J connectivity index is 2.63. The van der Waals surface area contributed by atoms with Gasteiger partial charge in [-0.15, -0.1) is 0 Å². The number of nitrogens with one attached hydrogen (secondary N) is 2. The zero-order valence-corrected chi connectivity index (χ0v) is 10.5. The number of aryl methyl sites for hydroxylation is 1. The first-order valence-corrected chi connectivity index (χ1v) is 5.57. The monoisotopic (exact) mass is 240 g/mol. The van der Waals surface area contributed by atoms with Gasteiger partial charge in [0.25, 0.3) is 0 Å². The number of unbranched alkanes of at least 4 members (excludes halogenated alkanes) is 1. The van der Waals surface area contributed by atoms with Crippen LogP contribution in [0.3, 0.4) is 0 Å². The zero-order valence-electron chi connectivity index (χ0n) is 10.5. The van der Waals surface area contributed by atoms with E-state index in [1.54, 1.807) is 24.9 Å². The summed E-state index contributed by atoms with van der Waals surface area (Å²) in [5.41, 5.74) is 2.50. The number of aliphatic imine (C=N–C) groups is 1. The Morgan fingerprint density at radius 3 is 2.94 bits per heavy atom. The maximum absolute atomic E-state index is 5.37. The standard InChI is InChI=1S/C10H20N6O/c1-4-5-6-12-10(14-11)13-8-7-9(17-3)16(2)15-8/h7H,4-6,11H2,1-3H3,(H2,12,13,14,15). The van der Waals surface area contributed by atoms with Crippen molar-refractivity contribution in [2.24, 2.45) is 17.9 Å². The largest absolute Gasteiger partial charge is 0.481 e. The van der Waals surface area contributed by atoms with Gasteiger partial charge in [-0.3, -0.25) is 10.4 Å². The summed E-state index contributed by atoms with van der Waals surface area (Å²) in [4.78, 5) is 4.27. The molecular weight excluding hydrogens is 220 g/mol. The molecule has 0 atom stereocenters. The van der Waals surface area contributed by atoms with E-state index in [0.29, 0.717) is 17.7 Å². The summed E-state index contributed by atoms with van der Waals surface area (Å²) in [6, 6.07) is 1.77. The van der Waals surface area contributed by atoms with E-state index >= 15 is 0 Å².